The van der Waals surface area contributed by atoms with E-state index in [1.807, 2.05) is 30.3 Å². The summed E-state index contributed by atoms with van der Waals surface area (Å²) in [6.07, 6.45) is 1.54. The van der Waals surface area contributed by atoms with E-state index < -0.39 is 6.10 Å². The minimum Gasteiger partial charge on any atom is -0.391 e. The van der Waals surface area contributed by atoms with Gasteiger partial charge in [-0.2, -0.15) is 5.10 Å². The lowest BCUT2D eigenvalue weighted by Crippen LogP contribution is -2.40. The predicted octanol–water partition coefficient (Wildman–Crippen LogP) is 0.812. The van der Waals surface area contributed by atoms with Crippen molar-refractivity contribution in [2.75, 3.05) is 6.54 Å². The van der Waals surface area contributed by atoms with Gasteiger partial charge in [0.15, 0.2) is 0 Å². The summed E-state index contributed by atoms with van der Waals surface area (Å²) in [6, 6.07) is 11.1. The van der Waals surface area contributed by atoms with Crippen LogP contribution in [0.15, 0.2) is 42.6 Å². The fraction of sp³-hybridized carbons (Fsp3) is 0.286. The van der Waals surface area contributed by atoms with E-state index in [-0.39, 0.29) is 12.6 Å². The van der Waals surface area contributed by atoms with Crippen LogP contribution in [-0.2, 0) is 13.0 Å². The highest BCUT2D eigenvalue weighted by Gasteiger charge is 2.07. The zero-order valence-electron chi connectivity index (χ0n) is 11.0. The first kappa shape index (κ1) is 14.1. The Morgan fingerprint density at radius 2 is 2.05 bits per heavy atom. The van der Waals surface area contributed by atoms with Crippen LogP contribution in [0.2, 0.25) is 0 Å². The predicted molar refractivity (Wildman–Crippen MR) is 75.0 cm³/mol. The maximum absolute atomic E-state index is 11.5. The molecule has 1 atom stereocenters. The second-order valence-corrected chi connectivity index (χ2v) is 4.49. The molecule has 0 bridgehead atoms. The first-order valence-corrected chi connectivity index (χ1v) is 6.46. The van der Waals surface area contributed by atoms with E-state index in [4.69, 9.17) is 0 Å². The summed E-state index contributed by atoms with van der Waals surface area (Å²) in [5, 5.41) is 21.7. The number of carbonyl (C=O) groups excluding carboxylic acids is 1. The summed E-state index contributed by atoms with van der Waals surface area (Å²) in [7, 11) is 0. The molecular formula is C14H18N4O2. The van der Waals surface area contributed by atoms with Gasteiger partial charge in [0.25, 0.3) is 0 Å². The molecule has 0 spiro atoms. The van der Waals surface area contributed by atoms with Gasteiger partial charge >= 0.3 is 6.03 Å². The van der Waals surface area contributed by atoms with Crippen molar-refractivity contribution in [2.45, 2.75) is 19.1 Å². The van der Waals surface area contributed by atoms with Crippen molar-refractivity contribution < 1.29 is 9.90 Å². The number of amides is 2. The molecule has 6 nitrogen and oxygen atoms in total. The molecule has 0 aliphatic rings. The molecule has 2 amide bonds. The van der Waals surface area contributed by atoms with E-state index >= 15 is 0 Å². The van der Waals surface area contributed by atoms with Gasteiger partial charge in [-0.25, -0.2) is 4.79 Å². The zero-order valence-corrected chi connectivity index (χ0v) is 11.0. The van der Waals surface area contributed by atoms with E-state index in [1.165, 1.54) is 0 Å². The van der Waals surface area contributed by atoms with Crippen molar-refractivity contribution in [2.24, 2.45) is 0 Å². The van der Waals surface area contributed by atoms with Crippen LogP contribution in [0.3, 0.4) is 0 Å². The molecule has 0 fully saturated rings. The first-order chi connectivity index (χ1) is 9.74. The number of hydrogen-bond acceptors (Lipinski definition) is 3. The Balaban J connectivity index is 1.65. The Labute approximate surface area is 117 Å². The second kappa shape index (κ2) is 7.30. The summed E-state index contributed by atoms with van der Waals surface area (Å²) < 4.78 is 0. The van der Waals surface area contributed by atoms with Crippen LogP contribution < -0.4 is 10.6 Å². The van der Waals surface area contributed by atoms with Gasteiger partial charge < -0.3 is 15.7 Å². The van der Waals surface area contributed by atoms with E-state index in [9.17, 15) is 9.90 Å². The third kappa shape index (κ3) is 4.74. The molecule has 0 saturated heterocycles. The van der Waals surface area contributed by atoms with Gasteiger partial charge in [-0.15, -0.1) is 0 Å². The topological polar surface area (TPSA) is 90.0 Å². The van der Waals surface area contributed by atoms with Gasteiger partial charge in [0.1, 0.15) is 0 Å². The van der Waals surface area contributed by atoms with Crippen LogP contribution in [0.4, 0.5) is 4.79 Å². The molecule has 20 heavy (non-hydrogen) atoms. The molecule has 1 heterocycles. The molecule has 1 aromatic carbocycles. The Hall–Kier alpha value is -2.34. The number of aromatic nitrogens is 2. The van der Waals surface area contributed by atoms with Crippen LogP contribution in [0, 0.1) is 0 Å². The van der Waals surface area contributed by atoms with E-state index in [2.05, 4.69) is 20.8 Å². The van der Waals surface area contributed by atoms with Crippen molar-refractivity contribution in [3.63, 3.8) is 0 Å². The molecule has 106 valence electrons. The molecule has 0 aliphatic heterocycles. The van der Waals surface area contributed by atoms with Gasteiger partial charge in [0.05, 0.1) is 18.3 Å². The standard InChI is InChI=1S/C14H18N4O2/c19-13(8-11-4-2-1-3-5-11)10-16-14(20)15-9-12-6-7-17-18-12/h1-7,13,19H,8-10H2,(H,17,18)(H2,15,16,20). The quantitative estimate of drug-likeness (QED) is 0.628. The number of carbonyl (C=O) groups is 1. The van der Waals surface area contributed by atoms with Crippen LogP contribution in [0.5, 0.6) is 0 Å². The first-order valence-electron chi connectivity index (χ1n) is 6.46. The van der Waals surface area contributed by atoms with E-state index in [0.717, 1.165) is 11.3 Å². The summed E-state index contributed by atoms with van der Waals surface area (Å²) in [5.41, 5.74) is 1.87. The van der Waals surface area contributed by atoms with Gasteiger partial charge in [-0.3, -0.25) is 5.10 Å². The monoisotopic (exact) mass is 274 g/mol. The molecule has 0 radical (unpaired) electrons. The highest BCUT2D eigenvalue weighted by Crippen LogP contribution is 2.02. The molecule has 2 rings (SSSR count). The Kier molecular flexibility index (Phi) is 5.14. The van der Waals surface area contributed by atoms with Gasteiger partial charge in [0.2, 0.25) is 0 Å². The zero-order chi connectivity index (χ0) is 14.2. The lowest BCUT2D eigenvalue weighted by Gasteiger charge is -2.12. The largest absolute Gasteiger partial charge is 0.391 e. The van der Waals surface area contributed by atoms with Gasteiger partial charge in [0, 0.05) is 19.2 Å². The molecule has 0 saturated carbocycles. The summed E-state index contributed by atoms with van der Waals surface area (Å²) in [5.74, 6) is 0. The molecule has 1 aromatic heterocycles. The third-order valence-corrected chi connectivity index (χ3v) is 2.81. The molecule has 0 aliphatic carbocycles. The fourth-order valence-corrected chi connectivity index (χ4v) is 1.79. The number of H-pyrrole nitrogens is 1. The Morgan fingerprint density at radius 1 is 1.25 bits per heavy atom. The SMILES string of the molecule is O=C(NCc1ccn[nH]1)NCC(O)Cc1ccccc1. The maximum Gasteiger partial charge on any atom is 0.315 e. The number of rotatable bonds is 6. The number of nitrogens with one attached hydrogen (secondary N) is 3. The summed E-state index contributed by atoms with van der Waals surface area (Å²) in [4.78, 5) is 11.5. The third-order valence-electron chi connectivity index (χ3n) is 2.81. The van der Waals surface area contributed by atoms with Crippen LogP contribution >= 0.6 is 0 Å². The maximum atomic E-state index is 11.5. The second-order valence-electron chi connectivity index (χ2n) is 4.49. The average molecular weight is 274 g/mol. The normalized spacial score (nSPS) is 11.8. The van der Waals surface area contributed by atoms with Gasteiger partial charge in [-0.1, -0.05) is 30.3 Å². The highest BCUT2D eigenvalue weighted by molar-refractivity contribution is 5.73. The van der Waals surface area contributed by atoms with Crippen LogP contribution in [0.1, 0.15) is 11.3 Å². The van der Waals surface area contributed by atoms with Gasteiger partial charge in [-0.05, 0) is 11.6 Å². The molecule has 6 heteroatoms. The summed E-state index contributed by atoms with van der Waals surface area (Å²) in [6.45, 7) is 0.588. The number of aliphatic hydroxyl groups is 1. The van der Waals surface area contributed by atoms with Crippen LogP contribution in [-0.4, -0.2) is 34.0 Å². The highest BCUT2D eigenvalue weighted by atomic mass is 16.3. The number of aliphatic hydroxyl groups excluding tert-OH is 1. The number of urea groups is 1. The smallest absolute Gasteiger partial charge is 0.315 e. The Bertz CT molecular complexity index is 513. The lowest BCUT2D eigenvalue weighted by molar-refractivity contribution is 0.170. The number of benzene rings is 1. The minimum absolute atomic E-state index is 0.212. The van der Waals surface area contributed by atoms with Crippen molar-refractivity contribution in [3.8, 4) is 0 Å². The molecular weight excluding hydrogens is 256 g/mol. The molecule has 4 N–H and O–H groups in total. The van der Waals surface area contributed by atoms with Crippen molar-refractivity contribution >= 4 is 6.03 Å². The average Bonchev–Trinajstić information content (AvgIpc) is 2.97. The van der Waals surface area contributed by atoms with Crippen molar-refractivity contribution in [3.05, 3.63) is 53.9 Å². The van der Waals surface area contributed by atoms with Crippen molar-refractivity contribution in [1.82, 2.24) is 20.8 Å². The molecule has 1 unspecified atom stereocenters. The Morgan fingerprint density at radius 3 is 2.75 bits per heavy atom. The minimum atomic E-state index is -0.602. The number of hydrogen-bond donors (Lipinski definition) is 4. The lowest BCUT2D eigenvalue weighted by atomic mass is 10.1. The van der Waals surface area contributed by atoms with Crippen LogP contribution in [0.25, 0.3) is 0 Å². The van der Waals surface area contributed by atoms with E-state index in [0.29, 0.717) is 13.0 Å². The number of nitrogens with zero attached hydrogens (tertiary/aromatic N) is 1. The number of aromatic amines is 1. The van der Waals surface area contributed by atoms with Crippen molar-refractivity contribution in [1.29, 1.82) is 0 Å². The van der Waals surface area contributed by atoms with E-state index in [1.54, 1.807) is 12.3 Å². The summed E-state index contributed by atoms with van der Waals surface area (Å²) >= 11 is 0. The molecule has 2 aromatic rings. The fourth-order valence-electron chi connectivity index (χ4n) is 1.79.